The number of anilines is 2. The van der Waals surface area contributed by atoms with E-state index in [0.29, 0.717) is 23.7 Å². The number of benzene rings is 2. The van der Waals surface area contributed by atoms with E-state index in [2.05, 4.69) is 20.8 Å². The van der Waals surface area contributed by atoms with Crippen LogP contribution in [0.1, 0.15) is 27.3 Å². The van der Waals surface area contributed by atoms with Gasteiger partial charge in [0.2, 0.25) is 5.91 Å². The van der Waals surface area contributed by atoms with E-state index in [0.717, 1.165) is 22.6 Å². The number of hydrogen-bond acceptors (Lipinski definition) is 6. The summed E-state index contributed by atoms with van der Waals surface area (Å²) < 4.78 is 14.4. The molecule has 0 bridgehead atoms. The van der Waals surface area contributed by atoms with E-state index in [9.17, 15) is 9.59 Å². The lowest BCUT2D eigenvalue weighted by Crippen LogP contribution is -2.19. The first-order chi connectivity index (χ1) is 17.9. The van der Waals surface area contributed by atoms with E-state index in [1.807, 2.05) is 55.5 Å². The van der Waals surface area contributed by atoms with Gasteiger partial charge in [-0.25, -0.2) is 0 Å². The number of amides is 2. The highest BCUT2D eigenvalue weighted by molar-refractivity contribution is 6.10. The molecule has 0 spiro atoms. The average Bonchev–Trinajstić information content (AvgIpc) is 3.42. The van der Waals surface area contributed by atoms with Crippen LogP contribution in [0.25, 0.3) is 6.08 Å². The van der Waals surface area contributed by atoms with Crippen molar-refractivity contribution in [3.05, 3.63) is 89.5 Å². The first-order valence-corrected chi connectivity index (χ1v) is 11.5. The molecule has 0 atom stereocenters. The summed E-state index contributed by atoms with van der Waals surface area (Å²) in [5.41, 5.74) is 3.52. The number of para-hydroxylation sites is 1. The SMILES string of the molecule is COc1ccc(/C=C/C(=O)Nc2cnn(C)c2C(=O)Nc2cnn(C)c2C)cc1COc1ccccc1. The van der Waals surface area contributed by atoms with E-state index >= 15 is 0 Å². The molecule has 37 heavy (non-hydrogen) atoms. The number of nitrogens with zero attached hydrogens (tertiary/aromatic N) is 4. The minimum Gasteiger partial charge on any atom is -0.496 e. The fraction of sp³-hybridized carbons (Fsp3) is 0.185. The van der Waals surface area contributed by atoms with Crippen LogP contribution in [0.4, 0.5) is 11.4 Å². The Hall–Kier alpha value is -4.86. The van der Waals surface area contributed by atoms with Gasteiger partial charge in [0.15, 0.2) is 0 Å². The molecule has 0 saturated heterocycles. The van der Waals surface area contributed by atoms with Crippen molar-refractivity contribution in [2.24, 2.45) is 14.1 Å². The zero-order chi connectivity index (χ0) is 26.4. The molecule has 0 radical (unpaired) electrons. The molecule has 2 heterocycles. The van der Waals surface area contributed by atoms with Gasteiger partial charge in [0, 0.05) is 25.7 Å². The van der Waals surface area contributed by atoms with Gasteiger partial charge in [-0.15, -0.1) is 0 Å². The third-order valence-corrected chi connectivity index (χ3v) is 5.76. The second-order valence-corrected chi connectivity index (χ2v) is 8.25. The van der Waals surface area contributed by atoms with Crippen molar-refractivity contribution in [1.82, 2.24) is 19.6 Å². The Morgan fingerprint density at radius 1 is 0.973 bits per heavy atom. The van der Waals surface area contributed by atoms with Gasteiger partial charge in [-0.1, -0.05) is 24.3 Å². The summed E-state index contributed by atoms with van der Waals surface area (Å²) in [4.78, 5) is 25.6. The topological polar surface area (TPSA) is 112 Å². The average molecular weight is 501 g/mol. The Balaban J connectivity index is 1.44. The number of aryl methyl sites for hydroxylation is 2. The highest BCUT2D eigenvalue weighted by atomic mass is 16.5. The summed E-state index contributed by atoms with van der Waals surface area (Å²) in [6.07, 6.45) is 6.07. The predicted octanol–water partition coefficient (Wildman–Crippen LogP) is 3.95. The molecule has 0 aliphatic rings. The van der Waals surface area contributed by atoms with Crippen LogP contribution in [0.3, 0.4) is 0 Å². The largest absolute Gasteiger partial charge is 0.496 e. The third-order valence-electron chi connectivity index (χ3n) is 5.76. The molecular formula is C27H28N6O4. The van der Waals surface area contributed by atoms with E-state index in [1.54, 1.807) is 38.2 Å². The molecule has 0 saturated carbocycles. The fourth-order valence-electron chi connectivity index (χ4n) is 3.64. The molecule has 10 nitrogen and oxygen atoms in total. The van der Waals surface area contributed by atoms with Gasteiger partial charge in [-0.2, -0.15) is 10.2 Å². The quantitative estimate of drug-likeness (QED) is 0.337. The summed E-state index contributed by atoms with van der Waals surface area (Å²) in [6, 6.07) is 15.1. The summed E-state index contributed by atoms with van der Waals surface area (Å²) in [5.74, 6) is 0.623. The second kappa shape index (κ2) is 11.3. The maximum atomic E-state index is 12.9. The molecule has 0 aliphatic heterocycles. The highest BCUT2D eigenvalue weighted by Crippen LogP contribution is 2.23. The van der Waals surface area contributed by atoms with E-state index in [-0.39, 0.29) is 5.69 Å². The van der Waals surface area contributed by atoms with E-state index in [1.165, 1.54) is 17.0 Å². The van der Waals surface area contributed by atoms with Crippen molar-refractivity contribution in [3.8, 4) is 11.5 Å². The Morgan fingerprint density at radius 3 is 2.41 bits per heavy atom. The highest BCUT2D eigenvalue weighted by Gasteiger charge is 2.19. The predicted molar refractivity (Wildman–Crippen MR) is 141 cm³/mol. The summed E-state index contributed by atoms with van der Waals surface area (Å²) >= 11 is 0. The molecule has 2 amide bonds. The van der Waals surface area contributed by atoms with Crippen molar-refractivity contribution < 1.29 is 19.1 Å². The first-order valence-electron chi connectivity index (χ1n) is 11.5. The minimum atomic E-state index is -0.409. The number of ether oxygens (including phenoxy) is 2. The molecule has 10 heteroatoms. The van der Waals surface area contributed by atoms with Crippen molar-refractivity contribution in [2.45, 2.75) is 13.5 Å². The van der Waals surface area contributed by atoms with E-state index < -0.39 is 11.8 Å². The molecule has 2 aromatic carbocycles. The Kier molecular flexibility index (Phi) is 7.68. The monoisotopic (exact) mass is 500 g/mol. The van der Waals surface area contributed by atoms with Crippen molar-refractivity contribution in [1.29, 1.82) is 0 Å². The molecule has 190 valence electrons. The number of methoxy groups -OCH3 is 1. The van der Waals surface area contributed by atoms with Crippen LogP contribution in [-0.4, -0.2) is 38.5 Å². The second-order valence-electron chi connectivity index (χ2n) is 8.25. The molecular weight excluding hydrogens is 472 g/mol. The maximum absolute atomic E-state index is 12.9. The van der Waals surface area contributed by atoms with Gasteiger partial charge < -0.3 is 20.1 Å². The molecule has 4 aromatic rings. The number of nitrogens with one attached hydrogen (secondary N) is 2. The van der Waals surface area contributed by atoms with Crippen LogP contribution in [-0.2, 0) is 25.5 Å². The fourth-order valence-corrected chi connectivity index (χ4v) is 3.64. The summed E-state index contributed by atoms with van der Waals surface area (Å²) in [6.45, 7) is 2.16. The third kappa shape index (κ3) is 6.04. The van der Waals surface area contributed by atoms with Crippen LogP contribution < -0.4 is 20.1 Å². The van der Waals surface area contributed by atoms with Gasteiger partial charge >= 0.3 is 0 Å². The lowest BCUT2D eigenvalue weighted by Gasteiger charge is -2.11. The molecule has 2 N–H and O–H groups in total. The summed E-state index contributed by atoms with van der Waals surface area (Å²) in [5, 5.41) is 13.8. The lowest BCUT2D eigenvalue weighted by molar-refractivity contribution is -0.111. The maximum Gasteiger partial charge on any atom is 0.276 e. The van der Waals surface area contributed by atoms with Crippen molar-refractivity contribution >= 4 is 29.3 Å². The number of hydrogen-bond donors (Lipinski definition) is 2. The number of carbonyl (C=O) groups is 2. The Morgan fingerprint density at radius 2 is 1.70 bits per heavy atom. The van der Waals surface area contributed by atoms with Crippen LogP contribution in [0.2, 0.25) is 0 Å². The normalized spacial score (nSPS) is 10.9. The van der Waals surface area contributed by atoms with Crippen molar-refractivity contribution in [3.63, 3.8) is 0 Å². The van der Waals surface area contributed by atoms with Crippen LogP contribution in [0.15, 0.2) is 67.0 Å². The van der Waals surface area contributed by atoms with Crippen LogP contribution in [0, 0.1) is 6.92 Å². The van der Waals surface area contributed by atoms with Gasteiger partial charge in [0.05, 0.1) is 36.6 Å². The standard InChI is InChI=1S/C27H28N6O4/c1-18-22(15-28-32(18)2)31-27(35)26-23(16-29-33(26)3)30-25(34)13-11-19-10-12-24(36-4)20(14-19)17-37-21-8-6-5-7-9-21/h5-16H,17H2,1-4H3,(H,30,34)(H,31,35)/b13-11+. The molecule has 0 fully saturated rings. The van der Waals surface area contributed by atoms with Crippen LogP contribution >= 0.6 is 0 Å². The van der Waals surface area contributed by atoms with Gasteiger partial charge in [-0.05, 0) is 42.8 Å². The van der Waals surface area contributed by atoms with Gasteiger partial charge in [0.25, 0.3) is 5.91 Å². The first kappa shape index (κ1) is 25.2. The Bertz CT molecular complexity index is 1440. The number of rotatable bonds is 9. The van der Waals surface area contributed by atoms with Gasteiger partial charge in [-0.3, -0.25) is 19.0 Å². The molecule has 0 aliphatic carbocycles. The summed E-state index contributed by atoms with van der Waals surface area (Å²) in [7, 11) is 5.02. The zero-order valence-electron chi connectivity index (χ0n) is 21.1. The van der Waals surface area contributed by atoms with Crippen molar-refractivity contribution in [2.75, 3.05) is 17.7 Å². The minimum absolute atomic E-state index is 0.217. The molecule has 0 unspecified atom stereocenters. The molecule has 2 aromatic heterocycles. The number of carbonyl (C=O) groups excluding carboxylic acids is 2. The van der Waals surface area contributed by atoms with E-state index in [4.69, 9.17) is 9.47 Å². The lowest BCUT2D eigenvalue weighted by atomic mass is 10.1. The zero-order valence-corrected chi connectivity index (χ0v) is 21.1. The molecule has 4 rings (SSSR count). The smallest absolute Gasteiger partial charge is 0.276 e. The van der Waals surface area contributed by atoms with Gasteiger partial charge in [0.1, 0.15) is 23.8 Å². The van der Waals surface area contributed by atoms with Crippen LogP contribution in [0.5, 0.6) is 11.5 Å². The number of aromatic nitrogens is 4. The Labute approximate surface area is 214 Å².